The number of rotatable bonds is 5. The Labute approximate surface area is 144 Å². The summed E-state index contributed by atoms with van der Waals surface area (Å²) in [7, 11) is 1.75. The number of amides is 1. The lowest BCUT2D eigenvalue weighted by atomic mass is 9.85. The molecular formula is C18H20FN3O3. The molecule has 25 heavy (non-hydrogen) atoms. The highest BCUT2D eigenvalue weighted by Crippen LogP contribution is 2.36. The van der Waals surface area contributed by atoms with Gasteiger partial charge in [-0.05, 0) is 30.5 Å². The van der Waals surface area contributed by atoms with Gasteiger partial charge in [-0.1, -0.05) is 12.1 Å². The van der Waals surface area contributed by atoms with Crippen LogP contribution in [-0.2, 0) is 23.1 Å². The van der Waals surface area contributed by atoms with Crippen molar-refractivity contribution in [3.05, 3.63) is 53.6 Å². The van der Waals surface area contributed by atoms with E-state index in [2.05, 4.69) is 5.10 Å². The maximum Gasteiger partial charge on any atom is 0.308 e. The van der Waals surface area contributed by atoms with Gasteiger partial charge in [-0.25, -0.2) is 4.39 Å². The minimum absolute atomic E-state index is 0.0808. The predicted octanol–water partition coefficient (Wildman–Crippen LogP) is 2.17. The fourth-order valence-corrected chi connectivity index (χ4v) is 3.42. The fourth-order valence-electron chi connectivity index (χ4n) is 3.42. The van der Waals surface area contributed by atoms with Crippen LogP contribution in [0.25, 0.3) is 0 Å². The summed E-state index contributed by atoms with van der Waals surface area (Å²) in [6.07, 6.45) is 4.33. The second-order valence-electron chi connectivity index (χ2n) is 6.34. The Kier molecular flexibility index (Phi) is 4.83. The minimum Gasteiger partial charge on any atom is -0.481 e. The van der Waals surface area contributed by atoms with Crippen molar-refractivity contribution in [3.63, 3.8) is 0 Å². The highest BCUT2D eigenvalue weighted by atomic mass is 19.1. The highest BCUT2D eigenvalue weighted by molar-refractivity contribution is 5.81. The summed E-state index contributed by atoms with van der Waals surface area (Å²) < 4.78 is 14.9. The lowest BCUT2D eigenvalue weighted by Gasteiger charge is -2.39. The van der Waals surface area contributed by atoms with E-state index in [-0.39, 0.29) is 18.1 Å². The summed E-state index contributed by atoms with van der Waals surface area (Å²) in [4.78, 5) is 25.8. The first kappa shape index (κ1) is 17.1. The first-order chi connectivity index (χ1) is 12.0. The minimum atomic E-state index is -0.919. The average molecular weight is 345 g/mol. The molecule has 7 heteroatoms. The molecule has 3 rings (SSSR count). The average Bonchev–Trinajstić information content (AvgIpc) is 2.99. The second-order valence-corrected chi connectivity index (χ2v) is 6.34. The first-order valence-electron chi connectivity index (χ1n) is 8.21. The molecule has 0 saturated carbocycles. The van der Waals surface area contributed by atoms with Crippen LogP contribution in [0.3, 0.4) is 0 Å². The van der Waals surface area contributed by atoms with Crippen molar-refractivity contribution in [3.8, 4) is 0 Å². The van der Waals surface area contributed by atoms with Crippen molar-refractivity contribution in [2.45, 2.75) is 25.3 Å². The van der Waals surface area contributed by atoms with Crippen LogP contribution in [0.2, 0.25) is 0 Å². The van der Waals surface area contributed by atoms with Gasteiger partial charge < -0.3 is 10.0 Å². The van der Waals surface area contributed by atoms with Gasteiger partial charge >= 0.3 is 5.97 Å². The smallest absolute Gasteiger partial charge is 0.308 e. The maximum absolute atomic E-state index is 13.4. The van der Waals surface area contributed by atoms with Crippen molar-refractivity contribution >= 4 is 11.9 Å². The van der Waals surface area contributed by atoms with Crippen LogP contribution in [-0.4, -0.2) is 38.2 Å². The summed E-state index contributed by atoms with van der Waals surface area (Å²) >= 11 is 0. The van der Waals surface area contributed by atoms with Crippen LogP contribution in [0.1, 0.15) is 30.0 Å². The number of carboxylic acids is 1. The Morgan fingerprint density at radius 3 is 2.88 bits per heavy atom. The fraction of sp³-hybridized carbons (Fsp3) is 0.389. The van der Waals surface area contributed by atoms with Gasteiger partial charge in [0.1, 0.15) is 5.82 Å². The number of benzene rings is 1. The SMILES string of the molecule is Cn1cc([C@@H]2[C@@H](C(=O)O)CCC(=O)N2CCc2cccc(F)c2)cn1. The number of aryl methyl sites for hydroxylation is 1. The van der Waals surface area contributed by atoms with Crippen molar-refractivity contribution in [1.29, 1.82) is 0 Å². The molecule has 1 saturated heterocycles. The number of carbonyl (C=O) groups excluding carboxylic acids is 1. The van der Waals surface area contributed by atoms with Gasteiger partial charge in [0, 0.05) is 31.8 Å². The zero-order chi connectivity index (χ0) is 18.0. The third-order valence-corrected chi connectivity index (χ3v) is 4.62. The molecule has 0 unspecified atom stereocenters. The molecular weight excluding hydrogens is 325 g/mol. The molecule has 1 aromatic carbocycles. The number of halogens is 1. The maximum atomic E-state index is 13.4. The van der Waals surface area contributed by atoms with Gasteiger partial charge in [0.15, 0.2) is 0 Å². The summed E-state index contributed by atoms with van der Waals surface area (Å²) in [5.41, 5.74) is 1.48. The molecule has 0 spiro atoms. The summed E-state index contributed by atoms with van der Waals surface area (Å²) in [5, 5.41) is 13.7. The van der Waals surface area contributed by atoms with Gasteiger partial charge in [-0.3, -0.25) is 14.3 Å². The van der Waals surface area contributed by atoms with E-state index in [9.17, 15) is 19.1 Å². The van der Waals surface area contributed by atoms with Crippen molar-refractivity contribution in [2.24, 2.45) is 13.0 Å². The van der Waals surface area contributed by atoms with Gasteiger partial charge in [0.2, 0.25) is 5.91 Å². The molecule has 1 fully saturated rings. The Morgan fingerprint density at radius 1 is 1.44 bits per heavy atom. The summed E-state index contributed by atoms with van der Waals surface area (Å²) in [5.74, 6) is -2.00. The van der Waals surface area contributed by atoms with Crippen molar-refractivity contribution in [1.82, 2.24) is 14.7 Å². The lowest BCUT2D eigenvalue weighted by molar-refractivity contribution is -0.152. The number of likely N-dealkylation sites (tertiary alicyclic amines) is 1. The molecule has 132 valence electrons. The van der Waals surface area contributed by atoms with E-state index >= 15 is 0 Å². The zero-order valence-electron chi connectivity index (χ0n) is 13.9. The van der Waals surface area contributed by atoms with Gasteiger partial charge in [-0.2, -0.15) is 5.10 Å². The molecule has 1 aromatic heterocycles. The van der Waals surface area contributed by atoms with Crippen molar-refractivity contribution in [2.75, 3.05) is 6.54 Å². The number of carbonyl (C=O) groups is 2. The molecule has 6 nitrogen and oxygen atoms in total. The highest BCUT2D eigenvalue weighted by Gasteiger charge is 2.41. The molecule has 0 radical (unpaired) electrons. The van der Waals surface area contributed by atoms with E-state index in [1.807, 2.05) is 0 Å². The number of aliphatic carboxylic acids is 1. The Bertz CT molecular complexity index is 789. The van der Waals surface area contributed by atoms with E-state index in [0.29, 0.717) is 24.9 Å². The quantitative estimate of drug-likeness (QED) is 0.901. The number of hydrogen-bond acceptors (Lipinski definition) is 3. The summed E-state index contributed by atoms with van der Waals surface area (Å²) in [6.45, 7) is 0.339. The lowest BCUT2D eigenvalue weighted by Crippen LogP contribution is -2.46. The number of carboxylic acid groups (broad SMARTS) is 1. The molecule has 2 atom stereocenters. The molecule has 1 amide bonds. The molecule has 0 aliphatic carbocycles. The van der Waals surface area contributed by atoms with Gasteiger partial charge in [0.25, 0.3) is 0 Å². The topological polar surface area (TPSA) is 75.4 Å². The van der Waals surface area contributed by atoms with Crippen LogP contribution in [0, 0.1) is 11.7 Å². The van der Waals surface area contributed by atoms with E-state index in [1.54, 1.807) is 41.2 Å². The molecule has 0 bridgehead atoms. The molecule has 1 N–H and O–H groups in total. The normalized spacial score (nSPS) is 20.7. The van der Waals surface area contributed by atoms with Crippen molar-refractivity contribution < 1.29 is 19.1 Å². The largest absolute Gasteiger partial charge is 0.481 e. The van der Waals surface area contributed by atoms with Crippen LogP contribution in [0.4, 0.5) is 4.39 Å². The first-order valence-corrected chi connectivity index (χ1v) is 8.21. The molecule has 1 aliphatic heterocycles. The van der Waals surface area contributed by atoms with E-state index in [0.717, 1.165) is 5.56 Å². The van der Waals surface area contributed by atoms with E-state index in [4.69, 9.17) is 0 Å². The molecule has 1 aliphatic rings. The third kappa shape index (κ3) is 3.70. The Balaban J connectivity index is 1.86. The number of hydrogen-bond donors (Lipinski definition) is 1. The van der Waals surface area contributed by atoms with E-state index < -0.39 is 17.9 Å². The number of piperidine rings is 1. The van der Waals surface area contributed by atoms with Crippen LogP contribution < -0.4 is 0 Å². The predicted molar refractivity (Wildman–Crippen MR) is 88.1 cm³/mol. The third-order valence-electron chi connectivity index (χ3n) is 4.62. The monoisotopic (exact) mass is 345 g/mol. The van der Waals surface area contributed by atoms with Gasteiger partial charge in [-0.15, -0.1) is 0 Å². The van der Waals surface area contributed by atoms with E-state index in [1.165, 1.54) is 12.1 Å². The van der Waals surface area contributed by atoms with Crippen LogP contribution in [0.15, 0.2) is 36.7 Å². The van der Waals surface area contributed by atoms with Gasteiger partial charge in [0.05, 0.1) is 18.2 Å². The molecule has 2 aromatic rings. The Morgan fingerprint density at radius 2 is 2.24 bits per heavy atom. The van der Waals surface area contributed by atoms with Crippen LogP contribution in [0.5, 0.6) is 0 Å². The number of nitrogens with zero attached hydrogens (tertiary/aromatic N) is 3. The number of aromatic nitrogens is 2. The van der Waals surface area contributed by atoms with Crippen LogP contribution >= 0.6 is 0 Å². The second kappa shape index (κ2) is 7.04. The summed E-state index contributed by atoms with van der Waals surface area (Å²) in [6, 6.07) is 5.67. The Hall–Kier alpha value is -2.70. The zero-order valence-corrected chi connectivity index (χ0v) is 13.9. The standard InChI is InChI=1S/C18H20FN3O3/c1-21-11-13(10-20-21)17-15(18(24)25)5-6-16(23)22(17)8-7-12-3-2-4-14(19)9-12/h2-4,9-11,15,17H,5-8H2,1H3,(H,24,25)/t15-,17+/m0/s1. The molecule has 2 heterocycles.